The van der Waals surface area contributed by atoms with Gasteiger partial charge in [0.15, 0.2) is 5.65 Å². The van der Waals surface area contributed by atoms with Crippen LogP contribution in [0.25, 0.3) is 11.0 Å². The van der Waals surface area contributed by atoms with Crippen LogP contribution in [0, 0.1) is 0 Å². The Morgan fingerprint density at radius 3 is 2.92 bits per heavy atom. The molecule has 0 aliphatic rings. The van der Waals surface area contributed by atoms with Crippen molar-refractivity contribution in [3.05, 3.63) is 42.4 Å². The third-order valence-electron chi connectivity index (χ3n) is 3.26. The Morgan fingerprint density at radius 2 is 2.12 bits per heavy atom. The van der Waals surface area contributed by atoms with Crippen LogP contribution < -0.4 is 10.6 Å². The molecule has 3 N–H and O–H groups in total. The molecule has 2 aromatic heterocycles. The number of aromatic nitrogens is 4. The molecule has 0 unspecified atom stereocenters. The van der Waals surface area contributed by atoms with Gasteiger partial charge in [0.2, 0.25) is 0 Å². The van der Waals surface area contributed by atoms with Gasteiger partial charge in [-0.25, -0.2) is 14.8 Å². The zero-order valence-corrected chi connectivity index (χ0v) is 15.1. The number of hydrogen-bond donors (Lipinski definition) is 3. The molecular weight excluding hydrogens is 336 g/mol. The molecule has 1 aromatic carbocycles. The number of urea groups is 1. The van der Waals surface area contributed by atoms with E-state index in [1.807, 2.05) is 45.0 Å². The van der Waals surface area contributed by atoms with Gasteiger partial charge in [-0.2, -0.15) is 5.10 Å². The summed E-state index contributed by atoms with van der Waals surface area (Å²) in [6, 6.07) is 7.57. The predicted molar refractivity (Wildman–Crippen MR) is 99.6 cm³/mol. The van der Waals surface area contributed by atoms with E-state index in [0.29, 0.717) is 0 Å². The van der Waals surface area contributed by atoms with Gasteiger partial charge in [0.25, 0.3) is 0 Å². The number of benzene rings is 1. The molecule has 0 atom stereocenters. The standard InChI is InChI=1S/C17H20N6OS/c1-17(2,3)22-16(24)21-12-6-4-5-11(7-12)9-25-15-13-8-20-23-14(13)18-10-19-15/h4-8,10H,9H2,1-3H3,(H2,21,22,24)(H,18,19,20,23). The zero-order chi connectivity index (χ0) is 17.9. The lowest BCUT2D eigenvalue weighted by atomic mass is 10.1. The van der Waals surface area contributed by atoms with Crippen LogP contribution in [0.4, 0.5) is 10.5 Å². The summed E-state index contributed by atoms with van der Waals surface area (Å²) in [5.74, 6) is 0.730. The van der Waals surface area contributed by atoms with Crippen molar-refractivity contribution in [3.63, 3.8) is 0 Å². The minimum Gasteiger partial charge on any atom is -0.333 e. The number of aromatic amines is 1. The van der Waals surface area contributed by atoms with Crippen LogP contribution in [-0.2, 0) is 5.75 Å². The molecular formula is C17H20N6OS. The van der Waals surface area contributed by atoms with Crippen molar-refractivity contribution in [3.8, 4) is 0 Å². The highest BCUT2D eigenvalue weighted by molar-refractivity contribution is 7.98. The Morgan fingerprint density at radius 1 is 1.28 bits per heavy atom. The molecule has 0 radical (unpaired) electrons. The Labute approximate surface area is 150 Å². The van der Waals surface area contributed by atoms with Gasteiger partial charge in [-0.1, -0.05) is 12.1 Å². The number of fused-ring (bicyclic) bond motifs is 1. The average molecular weight is 356 g/mol. The summed E-state index contributed by atoms with van der Waals surface area (Å²) in [7, 11) is 0. The van der Waals surface area contributed by atoms with Crippen molar-refractivity contribution < 1.29 is 4.79 Å². The quantitative estimate of drug-likeness (QED) is 0.491. The van der Waals surface area contributed by atoms with E-state index in [1.54, 1.807) is 18.0 Å². The fourth-order valence-corrected chi connectivity index (χ4v) is 3.16. The average Bonchev–Trinajstić information content (AvgIpc) is 3.00. The molecule has 25 heavy (non-hydrogen) atoms. The monoisotopic (exact) mass is 356 g/mol. The van der Waals surface area contributed by atoms with Crippen LogP contribution in [0.1, 0.15) is 26.3 Å². The normalized spacial score (nSPS) is 11.5. The molecule has 0 fully saturated rings. The van der Waals surface area contributed by atoms with Crippen LogP contribution in [0.3, 0.4) is 0 Å². The molecule has 8 heteroatoms. The van der Waals surface area contributed by atoms with E-state index in [0.717, 1.165) is 33.1 Å². The number of H-pyrrole nitrogens is 1. The minimum absolute atomic E-state index is 0.215. The fourth-order valence-electron chi connectivity index (χ4n) is 2.25. The molecule has 3 rings (SSSR count). The Hall–Kier alpha value is -2.61. The number of rotatable bonds is 4. The molecule has 0 bridgehead atoms. The molecule has 0 saturated carbocycles. The number of hydrogen-bond acceptors (Lipinski definition) is 5. The summed E-state index contributed by atoms with van der Waals surface area (Å²) >= 11 is 1.61. The van der Waals surface area contributed by atoms with Crippen LogP contribution in [0.5, 0.6) is 0 Å². The summed E-state index contributed by atoms with van der Waals surface area (Å²) in [4.78, 5) is 20.4. The van der Waals surface area contributed by atoms with E-state index in [9.17, 15) is 4.79 Å². The van der Waals surface area contributed by atoms with Crippen LogP contribution in [0.2, 0.25) is 0 Å². The summed E-state index contributed by atoms with van der Waals surface area (Å²) in [6.07, 6.45) is 3.25. The lowest BCUT2D eigenvalue weighted by molar-refractivity contribution is 0.244. The molecule has 0 spiro atoms. The lowest BCUT2D eigenvalue weighted by Crippen LogP contribution is -2.43. The van der Waals surface area contributed by atoms with Crippen LogP contribution >= 0.6 is 11.8 Å². The number of carbonyl (C=O) groups is 1. The summed E-state index contributed by atoms with van der Waals surface area (Å²) in [6.45, 7) is 5.83. The first-order chi connectivity index (χ1) is 11.9. The summed E-state index contributed by atoms with van der Waals surface area (Å²) < 4.78 is 0. The van der Waals surface area contributed by atoms with Crippen molar-refractivity contribution in [1.29, 1.82) is 0 Å². The predicted octanol–water partition coefficient (Wildman–Crippen LogP) is 3.57. The van der Waals surface area contributed by atoms with Crippen molar-refractivity contribution in [1.82, 2.24) is 25.5 Å². The number of thioether (sulfide) groups is 1. The lowest BCUT2D eigenvalue weighted by Gasteiger charge is -2.20. The second-order valence-electron chi connectivity index (χ2n) is 6.63. The van der Waals surface area contributed by atoms with E-state index in [4.69, 9.17) is 0 Å². The smallest absolute Gasteiger partial charge is 0.319 e. The highest BCUT2D eigenvalue weighted by atomic mass is 32.2. The Kier molecular flexibility index (Phi) is 4.89. The topological polar surface area (TPSA) is 95.6 Å². The van der Waals surface area contributed by atoms with Crippen molar-refractivity contribution >= 4 is 34.5 Å². The maximum atomic E-state index is 12.0. The number of carbonyl (C=O) groups excluding carboxylic acids is 1. The van der Waals surface area contributed by atoms with E-state index in [2.05, 4.69) is 30.8 Å². The maximum absolute atomic E-state index is 12.0. The van der Waals surface area contributed by atoms with Gasteiger partial charge in [0.05, 0.1) is 11.6 Å². The molecule has 7 nitrogen and oxygen atoms in total. The zero-order valence-electron chi connectivity index (χ0n) is 14.3. The first-order valence-electron chi connectivity index (χ1n) is 7.86. The van der Waals surface area contributed by atoms with Crippen molar-refractivity contribution in [2.24, 2.45) is 0 Å². The summed E-state index contributed by atoms with van der Waals surface area (Å²) in [5, 5.41) is 14.4. The largest absolute Gasteiger partial charge is 0.333 e. The number of nitrogens with zero attached hydrogens (tertiary/aromatic N) is 3. The maximum Gasteiger partial charge on any atom is 0.319 e. The van der Waals surface area contributed by atoms with Gasteiger partial charge in [0.1, 0.15) is 11.4 Å². The van der Waals surface area contributed by atoms with E-state index >= 15 is 0 Å². The second kappa shape index (κ2) is 7.10. The van der Waals surface area contributed by atoms with Crippen molar-refractivity contribution in [2.45, 2.75) is 37.1 Å². The number of nitrogens with one attached hydrogen (secondary N) is 3. The SMILES string of the molecule is CC(C)(C)NC(=O)Nc1cccc(CSc2ncnc3[nH]ncc23)c1. The van der Waals surface area contributed by atoms with Gasteiger partial charge >= 0.3 is 6.03 Å². The third kappa shape index (κ3) is 4.69. The molecule has 0 saturated heterocycles. The second-order valence-corrected chi connectivity index (χ2v) is 7.59. The van der Waals surface area contributed by atoms with Gasteiger partial charge in [-0.3, -0.25) is 5.10 Å². The Balaban J connectivity index is 1.66. The summed E-state index contributed by atoms with van der Waals surface area (Å²) in [5.41, 5.74) is 2.30. The molecule has 0 aliphatic carbocycles. The van der Waals surface area contributed by atoms with E-state index < -0.39 is 0 Å². The highest BCUT2D eigenvalue weighted by Gasteiger charge is 2.13. The number of amides is 2. The van der Waals surface area contributed by atoms with E-state index in [-0.39, 0.29) is 11.6 Å². The van der Waals surface area contributed by atoms with E-state index in [1.165, 1.54) is 6.33 Å². The van der Waals surface area contributed by atoms with Crippen molar-refractivity contribution in [2.75, 3.05) is 5.32 Å². The number of anilines is 1. The molecule has 2 heterocycles. The molecule has 2 amide bonds. The van der Waals surface area contributed by atoms with Crippen LogP contribution in [-0.4, -0.2) is 31.7 Å². The molecule has 130 valence electrons. The van der Waals surface area contributed by atoms with Gasteiger partial charge in [-0.15, -0.1) is 11.8 Å². The van der Waals surface area contributed by atoms with Crippen LogP contribution in [0.15, 0.2) is 41.8 Å². The first kappa shape index (κ1) is 17.2. The Bertz CT molecular complexity index is 886. The third-order valence-corrected chi connectivity index (χ3v) is 4.34. The highest BCUT2D eigenvalue weighted by Crippen LogP contribution is 2.27. The molecule has 3 aromatic rings. The van der Waals surface area contributed by atoms with Gasteiger partial charge in [0, 0.05) is 17.0 Å². The van der Waals surface area contributed by atoms with Gasteiger partial charge in [-0.05, 0) is 38.5 Å². The van der Waals surface area contributed by atoms with Gasteiger partial charge < -0.3 is 10.6 Å². The fraction of sp³-hybridized carbons (Fsp3) is 0.294. The molecule has 0 aliphatic heterocycles. The minimum atomic E-state index is -0.277. The first-order valence-corrected chi connectivity index (χ1v) is 8.84.